The fraction of sp³-hybridized carbons (Fsp3) is 0.167. The molecule has 0 unspecified atom stereocenters. The van der Waals surface area contributed by atoms with Crippen molar-refractivity contribution in [2.75, 3.05) is 10.6 Å². The van der Waals surface area contributed by atoms with Crippen LogP contribution in [-0.2, 0) is 0 Å². The predicted octanol–water partition coefficient (Wildman–Crippen LogP) is 4.62. The number of nitrogens with zero attached hydrogens (tertiary/aromatic N) is 3. The summed E-state index contributed by atoms with van der Waals surface area (Å²) in [7, 11) is 0. The van der Waals surface area contributed by atoms with Crippen LogP contribution >= 0.6 is 15.9 Å². The van der Waals surface area contributed by atoms with Crippen LogP contribution in [0.3, 0.4) is 0 Å². The minimum absolute atomic E-state index is 0.493. The monoisotopic (exact) mass is 381 g/mol. The summed E-state index contributed by atoms with van der Waals surface area (Å²) in [5, 5.41) is 6.72. The smallest absolute Gasteiger partial charge is 0.225 e. The minimum Gasteiger partial charge on any atom is -0.351 e. The van der Waals surface area contributed by atoms with Crippen molar-refractivity contribution in [2.24, 2.45) is 0 Å². The molecule has 1 aliphatic rings. The van der Waals surface area contributed by atoms with Crippen molar-refractivity contribution in [3.8, 4) is 11.3 Å². The number of hydrogen-bond donors (Lipinski definition) is 2. The molecule has 3 aromatic rings. The van der Waals surface area contributed by atoms with E-state index >= 15 is 0 Å². The van der Waals surface area contributed by atoms with E-state index < -0.39 is 0 Å². The highest BCUT2D eigenvalue weighted by atomic mass is 79.9. The first kappa shape index (κ1) is 15.1. The van der Waals surface area contributed by atoms with Crippen molar-refractivity contribution in [3.63, 3.8) is 0 Å². The van der Waals surface area contributed by atoms with Crippen LogP contribution in [0.4, 0.5) is 17.5 Å². The highest BCUT2D eigenvalue weighted by molar-refractivity contribution is 9.10. The van der Waals surface area contributed by atoms with Gasteiger partial charge in [0.2, 0.25) is 5.95 Å². The van der Waals surface area contributed by atoms with E-state index in [1.54, 1.807) is 6.20 Å². The average Bonchev–Trinajstić information content (AvgIpc) is 3.39. The van der Waals surface area contributed by atoms with Gasteiger partial charge in [0.15, 0.2) is 0 Å². The molecule has 4 rings (SSSR count). The Morgan fingerprint density at radius 1 is 1.04 bits per heavy atom. The molecule has 1 aromatic carbocycles. The Hall–Kier alpha value is -2.47. The lowest BCUT2D eigenvalue weighted by molar-refractivity contribution is 1.06. The number of pyridine rings is 1. The molecule has 0 amide bonds. The number of anilines is 3. The maximum atomic E-state index is 4.63. The SMILES string of the molecule is Brc1cccc(Nc2cc(-c3cccnc3)nc(NC3CC3)n2)c1. The molecule has 0 aliphatic heterocycles. The molecule has 2 heterocycles. The summed E-state index contributed by atoms with van der Waals surface area (Å²) >= 11 is 3.49. The Bertz CT molecular complexity index is 849. The zero-order valence-corrected chi connectivity index (χ0v) is 14.5. The van der Waals surface area contributed by atoms with Gasteiger partial charge in [-0.3, -0.25) is 4.98 Å². The molecule has 2 N–H and O–H groups in total. The van der Waals surface area contributed by atoms with E-state index in [0.717, 1.165) is 27.2 Å². The van der Waals surface area contributed by atoms with Gasteiger partial charge >= 0.3 is 0 Å². The van der Waals surface area contributed by atoms with Gasteiger partial charge in [0, 0.05) is 40.2 Å². The number of rotatable bonds is 5. The second kappa shape index (κ2) is 6.57. The Kier molecular flexibility index (Phi) is 4.13. The molecular formula is C18H16BrN5. The summed E-state index contributed by atoms with van der Waals surface area (Å²) in [5.41, 5.74) is 2.78. The normalized spacial score (nSPS) is 13.5. The van der Waals surface area contributed by atoms with E-state index in [9.17, 15) is 0 Å². The van der Waals surface area contributed by atoms with Crippen LogP contribution in [0.25, 0.3) is 11.3 Å². The van der Waals surface area contributed by atoms with Gasteiger partial charge in [0.05, 0.1) is 5.69 Å². The Morgan fingerprint density at radius 2 is 1.96 bits per heavy atom. The van der Waals surface area contributed by atoms with Gasteiger partial charge in [-0.2, -0.15) is 4.98 Å². The molecule has 1 fully saturated rings. The first-order chi connectivity index (χ1) is 11.8. The van der Waals surface area contributed by atoms with Crippen molar-refractivity contribution >= 4 is 33.4 Å². The van der Waals surface area contributed by atoms with Crippen LogP contribution in [0, 0.1) is 0 Å². The van der Waals surface area contributed by atoms with Gasteiger partial charge in [-0.05, 0) is 43.2 Å². The second-order valence-electron chi connectivity index (χ2n) is 5.76. The van der Waals surface area contributed by atoms with Crippen LogP contribution in [0.2, 0.25) is 0 Å². The second-order valence-corrected chi connectivity index (χ2v) is 6.67. The van der Waals surface area contributed by atoms with E-state index in [0.29, 0.717) is 12.0 Å². The third kappa shape index (κ3) is 3.71. The molecule has 24 heavy (non-hydrogen) atoms. The lowest BCUT2D eigenvalue weighted by atomic mass is 10.2. The zero-order chi connectivity index (χ0) is 16.4. The van der Waals surface area contributed by atoms with Gasteiger partial charge in [-0.1, -0.05) is 22.0 Å². The van der Waals surface area contributed by atoms with Crippen molar-refractivity contribution in [3.05, 3.63) is 59.3 Å². The van der Waals surface area contributed by atoms with E-state index in [2.05, 4.69) is 41.5 Å². The first-order valence-electron chi connectivity index (χ1n) is 7.85. The molecule has 0 bridgehead atoms. The lowest BCUT2D eigenvalue weighted by Gasteiger charge is -2.11. The Labute approximate surface area is 148 Å². The van der Waals surface area contributed by atoms with Crippen LogP contribution in [0.1, 0.15) is 12.8 Å². The van der Waals surface area contributed by atoms with Crippen molar-refractivity contribution in [1.82, 2.24) is 15.0 Å². The number of nitrogens with one attached hydrogen (secondary N) is 2. The molecule has 0 atom stereocenters. The van der Waals surface area contributed by atoms with Crippen molar-refractivity contribution < 1.29 is 0 Å². The van der Waals surface area contributed by atoms with Crippen molar-refractivity contribution in [2.45, 2.75) is 18.9 Å². The molecule has 120 valence electrons. The highest BCUT2D eigenvalue weighted by Crippen LogP contribution is 2.27. The maximum absolute atomic E-state index is 4.63. The predicted molar refractivity (Wildman–Crippen MR) is 99.3 cm³/mol. The number of hydrogen-bond acceptors (Lipinski definition) is 5. The fourth-order valence-electron chi connectivity index (χ4n) is 2.36. The standard InChI is InChI=1S/C18H16BrN5/c19-13-4-1-5-15(9-13)21-17-10-16(12-3-2-8-20-11-12)23-18(24-17)22-14-6-7-14/h1-5,8-11,14H,6-7H2,(H2,21,22,23,24). The number of benzene rings is 1. The largest absolute Gasteiger partial charge is 0.351 e. The van der Waals surface area contributed by atoms with E-state index in [4.69, 9.17) is 0 Å². The van der Waals surface area contributed by atoms with Crippen LogP contribution in [0.15, 0.2) is 59.3 Å². The summed E-state index contributed by atoms with van der Waals surface area (Å²) in [6.07, 6.45) is 5.92. The molecule has 2 aromatic heterocycles. The quantitative estimate of drug-likeness (QED) is 0.674. The van der Waals surface area contributed by atoms with Crippen LogP contribution < -0.4 is 10.6 Å². The number of halogens is 1. The zero-order valence-electron chi connectivity index (χ0n) is 12.9. The van der Waals surface area contributed by atoms with Gasteiger partial charge in [0.25, 0.3) is 0 Å². The van der Waals surface area contributed by atoms with Crippen LogP contribution in [-0.4, -0.2) is 21.0 Å². The van der Waals surface area contributed by atoms with Gasteiger partial charge in [-0.25, -0.2) is 4.98 Å². The molecule has 5 nitrogen and oxygen atoms in total. The topological polar surface area (TPSA) is 62.7 Å². The molecule has 0 radical (unpaired) electrons. The van der Waals surface area contributed by atoms with Gasteiger partial charge in [-0.15, -0.1) is 0 Å². The third-order valence-corrected chi connectivity index (χ3v) is 4.18. The first-order valence-corrected chi connectivity index (χ1v) is 8.64. The maximum Gasteiger partial charge on any atom is 0.225 e. The molecule has 1 aliphatic carbocycles. The third-order valence-electron chi connectivity index (χ3n) is 3.69. The highest BCUT2D eigenvalue weighted by Gasteiger charge is 2.22. The summed E-state index contributed by atoms with van der Waals surface area (Å²) in [4.78, 5) is 13.4. The molecule has 0 spiro atoms. The molecule has 1 saturated carbocycles. The molecule has 0 saturated heterocycles. The van der Waals surface area contributed by atoms with Crippen LogP contribution in [0.5, 0.6) is 0 Å². The summed E-state index contributed by atoms with van der Waals surface area (Å²) in [6, 6.07) is 14.3. The Morgan fingerprint density at radius 3 is 2.71 bits per heavy atom. The Balaban J connectivity index is 1.69. The fourth-order valence-corrected chi connectivity index (χ4v) is 2.76. The molecule has 6 heteroatoms. The molecular weight excluding hydrogens is 366 g/mol. The van der Waals surface area contributed by atoms with Gasteiger partial charge in [0.1, 0.15) is 5.82 Å². The van der Waals surface area contributed by atoms with Gasteiger partial charge < -0.3 is 10.6 Å². The average molecular weight is 382 g/mol. The summed E-state index contributed by atoms with van der Waals surface area (Å²) in [6.45, 7) is 0. The summed E-state index contributed by atoms with van der Waals surface area (Å²) < 4.78 is 1.02. The van der Waals surface area contributed by atoms with E-state index in [-0.39, 0.29) is 0 Å². The number of aromatic nitrogens is 3. The summed E-state index contributed by atoms with van der Waals surface area (Å²) in [5.74, 6) is 1.40. The van der Waals surface area contributed by atoms with Crippen molar-refractivity contribution in [1.29, 1.82) is 0 Å². The lowest BCUT2D eigenvalue weighted by Crippen LogP contribution is -2.07. The van der Waals surface area contributed by atoms with E-state index in [1.165, 1.54) is 12.8 Å². The minimum atomic E-state index is 0.493. The van der Waals surface area contributed by atoms with E-state index in [1.807, 2.05) is 48.7 Å².